The first-order valence-electron chi connectivity index (χ1n) is 4.81. The molecule has 0 aliphatic rings. The van der Waals surface area contributed by atoms with Gasteiger partial charge in [-0.05, 0) is 34.3 Å². The van der Waals surface area contributed by atoms with Crippen LogP contribution in [0, 0.1) is 0 Å². The van der Waals surface area contributed by atoms with Gasteiger partial charge < -0.3 is 5.73 Å². The zero-order chi connectivity index (χ0) is 12.4. The lowest BCUT2D eigenvalue weighted by Crippen LogP contribution is -2.15. The monoisotopic (exact) mass is 327 g/mol. The summed E-state index contributed by atoms with van der Waals surface area (Å²) in [5, 5.41) is 4.25. The predicted octanol–water partition coefficient (Wildman–Crippen LogP) is 2.99. The molecular weight excluding hydrogens is 318 g/mol. The van der Waals surface area contributed by atoms with Crippen LogP contribution in [0.1, 0.15) is 5.56 Å². The van der Waals surface area contributed by atoms with Crippen molar-refractivity contribution in [3.05, 3.63) is 40.6 Å². The summed E-state index contributed by atoms with van der Waals surface area (Å²) in [5.74, 6) is 0. The first-order chi connectivity index (χ1) is 8.13. The van der Waals surface area contributed by atoms with Gasteiger partial charge in [-0.15, -0.1) is 11.8 Å². The Balaban J connectivity index is 2.65. The number of nitrogens with two attached hydrogens (primary N) is 1. The van der Waals surface area contributed by atoms with E-state index in [1.807, 2.05) is 30.7 Å². The van der Waals surface area contributed by atoms with E-state index in [2.05, 4.69) is 21.0 Å². The number of aromatic nitrogens is 2. The molecule has 0 bridgehead atoms. The van der Waals surface area contributed by atoms with Gasteiger partial charge in [0.15, 0.2) is 0 Å². The van der Waals surface area contributed by atoms with E-state index in [1.54, 1.807) is 22.6 Å². The zero-order valence-corrected chi connectivity index (χ0v) is 12.3. The fourth-order valence-electron chi connectivity index (χ4n) is 1.56. The molecule has 0 aliphatic carbocycles. The summed E-state index contributed by atoms with van der Waals surface area (Å²) < 4.78 is 2.68. The Hall–Kier alpha value is -0.850. The van der Waals surface area contributed by atoms with Gasteiger partial charge in [0.1, 0.15) is 4.99 Å². The third kappa shape index (κ3) is 2.53. The maximum absolute atomic E-state index is 5.80. The molecule has 1 aromatic heterocycles. The lowest BCUT2D eigenvalue weighted by atomic mass is 10.2. The second-order valence-corrected chi connectivity index (χ2v) is 5.53. The Morgan fingerprint density at radius 1 is 1.53 bits per heavy atom. The Kier molecular flexibility index (Phi) is 3.86. The van der Waals surface area contributed by atoms with Gasteiger partial charge in [-0.3, -0.25) is 0 Å². The molecule has 0 saturated carbocycles. The molecule has 0 radical (unpaired) electrons. The predicted molar refractivity (Wildman–Crippen MR) is 78.9 cm³/mol. The van der Waals surface area contributed by atoms with Crippen LogP contribution in [0.3, 0.4) is 0 Å². The molecule has 0 atom stereocenters. The van der Waals surface area contributed by atoms with Gasteiger partial charge in [0.25, 0.3) is 0 Å². The molecule has 0 fully saturated rings. The van der Waals surface area contributed by atoms with E-state index in [1.165, 1.54) is 0 Å². The molecule has 6 heteroatoms. The topological polar surface area (TPSA) is 43.8 Å². The number of thioether (sulfide) groups is 1. The smallest absolute Gasteiger partial charge is 0.107 e. The second kappa shape index (κ2) is 5.20. The van der Waals surface area contributed by atoms with Crippen LogP contribution in [-0.2, 0) is 0 Å². The summed E-state index contributed by atoms with van der Waals surface area (Å²) >= 11 is 10.1. The van der Waals surface area contributed by atoms with Gasteiger partial charge in [-0.2, -0.15) is 5.10 Å². The molecule has 0 aliphatic heterocycles. The molecule has 3 nitrogen and oxygen atoms in total. The highest BCUT2D eigenvalue weighted by atomic mass is 79.9. The van der Waals surface area contributed by atoms with E-state index in [-0.39, 0.29) is 0 Å². The van der Waals surface area contributed by atoms with Gasteiger partial charge >= 0.3 is 0 Å². The summed E-state index contributed by atoms with van der Waals surface area (Å²) in [5.41, 5.74) is 7.56. The number of hydrogen-bond acceptors (Lipinski definition) is 3. The van der Waals surface area contributed by atoms with Crippen molar-refractivity contribution in [3.63, 3.8) is 0 Å². The molecule has 17 heavy (non-hydrogen) atoms. The Labute approximate surface area is 118 Å². The number of hydrogen-bond donors (Lipinski definition) is 1. The highest BCUT2D eigenvalue weighted by molar-refractivity contribution is 9.10. The summed E-state index contributed by atoms with van der Waals surface area (Å²) in [6, 6.07) is 5.92. The van der Waals surface area contributed by atoms with E-state index in [0.29, 0.717) is 4.99 Å². The van der Waals surface area contributed by atoms with Gasteiger partial charge in [0, 0.05) is 16.7 Å². The van der Waals surface area contributed by atoms with Crippen molar-refractivity contribution in [2.75, 3.05) is 6.26 Å². The average molecular weight is 328 g/mol. The SMILES string of the molecule is CSc1cccc(-n2cc(Br)cn2)c1C(N)=S. The number of nitrogens with zero attached hydrogens (tertiary/aromatic N) is 2. The third-order valence-corrected chi connectivity index (χ3v) is 3.66. The Morgan fingerprint density at radius 3 is 2.82 bits per heavy atom. The molecule has 88 valence electrons. The minimum absolute atomic E-state index is 0.386. The second-order valence-electron chi connectivity index (χ2n) is 3.32. The molecule has 0 amide bonds. The number of thiocarbonyl (C=S) groups is 1. The molecule has 2 N–H and O–H groups in total. The van der Waals surface area contributed by atoms with Crippen molar-refractivity contribution in [1.82, 2.24) is 9.78 Å². The average Bonchev–Trinajstić information content (AvgIpc) is 2.74. The van der Waals surface area contributed by atoms with Crippen molar-refractivity contribution >= 4 is 44.9 Å². The molecule has 0 saturated heterocycles. The maximum atomic E-state index is 5.80. The minimum atomic E-state index is 0.386. The van der Waals surface area contributed by atoms with Crippen molar-refractivity contribution in [3.8, 4) is 5.69 Å². The van der Waals surface area contributed by atoms with E-state index in [0.717, 1.165) is 20.6 Å². The van der Waals surface area contributed by atoms with E-state index >= 15 is 0 Å². The van der Waals surface area contributed by atoms with Crippen molar-refractivity contribution < 1.29 is 0 Å². The number of benzene rings is 1. The fraction of sp³-hybridized carbons (Fsp3) is 0.0909. The molecule has 2 aromatic rings. The molecule has 1 heterocycles. The lowest BCUT2D eigenvalue weighted by molar-refractivity contribution is 0.874. The van der Waals surface area contributed by atoms with Crippen molar-refractivity contribution in [2.24, 2.45) is 5.73 Å². The van der Waals surface area contributed by atoms with Crippen LogP contribution in [0.4, 0.5) is 0 Å². The van der Waals surface area contributed by atoms with E-state index in [4.69, 9.17) is 18.0 Å². The van der Waals surface area contributed by atoms with Crippen LogP contribution in [-0.4, -0.2) is 21.0 Å². The Morgan fingerprint density at radius 2 is 2.29 bits per heavy atom. The number of rotatable bonds is 3. The zero-order valence-electron chi connectivity index (χ0n) is 9.05. The Bertz CT molecular complexity index is 566. The van der Waals surface area contributed by atoms with E-state index < -0.39 is 0 Å². The molecule has 2 rings (SSSR count). The van der Waals surface area contributed by atoms with Crippen LogP contribution in [0.25, 0.3) is 5.69 Å². The van der Waals surface area contributed by atoms with Crippen LogP contribution < -0.4 is 5.73 Å². The van der Waals surface area contributed by atoms with Crippen molar-refractivity contribution in [2.45, 2.75) is 4.90 Å². The molecule has 0 spiro atoms. The van der Waals surface area contributed by atoms with Gasteiger partial charge in [-0.1, -0.05) is 18.3 Å². The summed E-state index contributed by atoms with van der Waals surface area (Å²) in [4.78, 5) is 1.44. The van der Waals surface area contributed by atoms with Gasteiger partial charge in [-0.25, -0.2) is 4.68 Å². The summed E-state index contributed by atoms with van der Waals surface area (Å²) in [6.45, 7) is 0. The van der Waals surface area contributed by atoms with Crippen LogP contribution in [0.5, 0.6) is 0 Å². The van der Waals surface area contributed by atoms with Crippen LogP contribution >= 0.6 is 39.9 Å². The van der Waals surface area contributed by atoms with Gasteiger partial charge in [0.05, 0.1) is 16.4 Å². The highest BCUT2D eigenvalue weighted by Crippen LogP contribution is 2.26. The first-order valence-corrected chi connectivity index (χ1v) is 7.23. The largest absolute Gasteiger partial charge is 0.389 e. The summed E-state index contributed by atoms with van der Waals surface area (Å²) in [6.07, 6.45) is 5.61. The van der Waals surface area contributed by atoms with Crippen LogP contribution in [0.15, 0.2) is 40.0 Å². The van der Waals surface area contributed by atoms with Crippen molar-refractivity contribution in [1.29, 1.82) is 0 Å². The van der Waals surface area contributed by atoms with E-state index in [9.17, 15) is 0 Å². The molecule has 1 aromatic carbocycles. The fourth-order valence-corrected chi connectivity index (χ4v) is 2.76. The quantitative estimate of drug-likeness (QED) is 0.695. The third-order valence-electron chi connectivity index (χ3n) is 2.27. The summed E-state index contributed by atoms with van der Waals surface area (Å²) in [7, 11) is 0. The first kappa shape index (κ1) is 12.6. The minimum Gasteiger partial charge on any atom is -0.389 e. The standard InChI is InChI=1S/C11H10BrN3S2/c1-17-9-4-2-3-8(10(9)11(13)16)15-6-7(12)5-14-15/h2-6H,1H3,(H2,13,16). The lowest BCUT2D eigenvalue weighted by Gasteiger charge is -2.11. The maximum Gasteiger partial charge on any atom is 0.107 e. The molecular formula is C11H10BrN3S2. The number of halogens is 1. The molecule has 0 unspecified atom stereocenters. The normalized spacial score (nSPS) is 10.5. The highest BCUT2D eigenvalue weighted by Gasteiger charge is 2.12. The van der Waals surface area contributed by atoms with Crippen LogP contribution in [0.2, 0.25) is 0 Å². The van der Waals surface area contributed by atoms with Gasteiger partial charge in [0.2, 0.25) is 0 Å².